The molecule has 0 spiro atoms. The van der Waals surface area contributed by atoms with Crippen molar-refractivity contribution in [2.45, 2.75) is 38.8 Å². The lowest BCUT2D eigenvalue weighted by Crippen LogP contribution is -2.43. The molecule has 2 N–H and O–H groups in total. The van der Waals surface area contributed by atoms with E-state index in [1.807, 2.05) is 50.2 Å². The SMILES string of the molecule is CC(C)NC(=O)[C@@H](NS(=O)(=O)CCCc1ccccc1)c1ccccc1. The van der Waals surface area contributed by atoms with Crippen molar-refractivity contribution in [3.8, 4) is 0 Å². The van der Waals surface area contributed by atoms with E-state index in [1.165, 1.54) is 0 Å². The summed E-state index contributed by atoms with van der Waals surface area (Å²) in [7, 11) is -3.59. The minimum absolute atomic E-state index is 0.0276. The first-order valence-corrected chi connectivity index (χ1v) is 10.4. The predicted octanol–water partition coefficient (Wildman–Crippen LogP) is 2.80. The second-order valence-electron chi connectivity index (χ2n) is 6.53. The summed E-state index contributed by atoms with van der Waals surface area (Å²) < 4.78 is 27.6. The Morgan fingerprint density at radius 3 is 2.12 bits per heavy atom. The van der Waals surface area contributed by atoms with Crippen molar-refractivity contribution in [2.75, 3.05) is 5.75 Å². The van der Waals surface area contributed by atoms with Crippen LogP contribution in [0.4, 0.5) is 0 Å². The third-order valence-corrected chi connectivity index (χ3v) is 5.27. The van der Waals surface area contributed by atoms with Gasteiger partial charge >= 0.3 is 0 Å². The Bertz CT molecular complexity index is 790. The summed E-state index contributed by atoms with van der Waals surface area (Å²) in [4.78, 5) is 12.5. The monoisotopic (exact) mass is 374 g/mol. The van der Waals surface area contributed by atoms with Crippen LogP contribution in [0.3, 0.4) is 0 Å². The maximum Gasteiger partial charge on any atom is 0.242 e. The molecule has 0 heterocycles. The summed E-state index contributed by atoms with van der Waals surface area (Å²) in [6.07, 6.45) is 1.17. The molecule has 0 aliphatic heterocycles. The molecule has 5 nitrogen and oxygen atoms in total. The summed E-state index contributed by atoms with van der Waals surface area (Å²) in [5, 5.41) is 2.78. The number of aryl methyl sites for hydroxylation is 1. The zero-order valence-corrected chi connectivity index (χ0v) is 16.0. The summed E-state index contributed by atoms with van der Waals surface area (Å²) in [6, 6.07) is 17.6. The minimum atomic E-state index is -3.59. The van der Waals surface area contributed by atoms with E-state index in [1.54, 1.807) is 24.3 Å². The van der Waals surface area contributed by atoms with Crippen molar-refractivity contribution in [1.82, 2.24) is 10.0 Å². The molecule has 0 fully saturated rings. The molecule has 0 unspecified atom stereocenters. The van der Waals surface area contributed by atoms with Crippen molar-refractivity contribution < 1.29 is 13.2 Å². The molecule has 140 valence electrons. The Morgan fingerprint density at radius 2 is 1.54 bits per heavy atom. The van der Waals surface area contributed by atoms with E-state index in [0.717, 1.165) is 5.56 Å². The maximum atomic E-state index is 12.5. The first-order valence-electron chi connectivity index (χ1n) is 8.76. The van der Waals surface area contributed by atoms with Crippen molar-refractivity contribution in [3.63, 3.8) is 0 Å². The van der Waals surface area contributed by atoms with Crippen LogP contribution in [-0.2, 0) is 21.2 Å². The van der Waals surface area contributed by atoms with Gasteiger partial charge < -0.3 is 5.32 Å². The molecule has 0 aliphatic rings. The van der Waals surface area contributed by atoms with E-state index >= 15 is 0 Å². The molecule has 0 bridgehead atoms. The van der Waals surface area contributed by atoms with E-state index in [0.29, 0.717) is 18.4 Å². The fourth-order valence-electron chi connectivity index (χ4n) is 2.64. The fourth-order valence-corrected chi connectivity index (χ4v) is 3.88. The van der Waals surface area contributed by atoms with Gasteiger partial charge in [0.2, 0.25) is 15.9 Å². The van der Waals surface area contributed by atoms with Crippen molar-refractivity contribution >= 4 is 15.9 Å². The lowest BCUT2D eigenvalue weighted by molar-refractivity contribution is -0.123. The topological polar surface area (TPSA) is 75.3 Å². The highest BCUT2D eigenvalue weighted by Crippen LogP contribution is 2.15. The number of nitrogens with one attached hydrogen (secondary N) is 2. The summed E-state index contributed by atoms with van der Waals surface area (Å²) in [6.45, 7) is 3.68. The van der Waals surface area contributed by atoms with Crippen molar-refractivity contribution in [2.24, 2.45) is 0 Å². The molecule has 26 heavy (non-hydrogen) atoms. The molecule has 0 saturated heterocycles. The number of sulfonamides is 1. The van der Waals surface area contributed by atoms with Gasteiger partial charge in [-0.2, -0.15) is 4.72 Å². The summed E-state index contributed by atoms with van der Waals surface area (Å²) in [5.41, 5.74) is 1.72. The van der Waals surface area contributed by atoms with Crippen molar-refractivity contribution in [3.05, 3.63) is 71.8 Å². The largest absolute Gasteiger partial charge is 0.352 e. The summed E-state index contributed by atoms with van der Waals surface area (Å²) in [5.74, 6) is -0.377. The third-order valence-electron chi connectivity index (χ3n) is 3.84. The highest BCUT2D eigenvalue weighted by Gasteiger charge is 2.26. The van der Waals surface area contributed by atoms with Crippen LogP contribution in [-0.4, -0.2) is 26.1 Å². The van der Waals surface area contributed by atoms with Crippen LogP contribution in [0.15, 0.2) is 60.7 Å². The molecular weight excluding hydrogens is 348 g/mol. The maximum absolute atomic E-state index is 12.5. The molecule has 6 heteroatoms. The van der Waals surface area contributed by atoms with Gasteiger partial charge in [-0.1, -0.05) is 60.7 Å². The van der Waals surface area contributed by atoms with Gasteiger partial charge in [-0.25, -0.2) is 8.42 Å². The van der Waals surface area contributed by atoms with Gasteiger partial charge in [-0.05, 0) is 37.8 Å². The average molecular weight is 375 g/mol. The molecular formula is C20H26N2O3S. The van der Waals surface area contributed by atoms with Crippen LogP contribution in [0, 0.1) is 0 Å². The zero-order valence-electron chi connectivity index (χ0n) is 15.2. The molecule has 1 amide bonds. The van der Waals surface area contributed by atoms with Crippen LogP contribution in [0.1, 0.15) is 37.4 Å². The van der Waals surface area contributed by atoms with E-state index in [2.05, 4.69) is 10.0 Å². The van der Waals surface area contributed by atoms with E-state index in [9.17, 15) is 13.2 Å². The van der Waals surface area contributed by atoms with Gasteiger partial charge in [0, 0.05) is 6.04 Å². The number of carbonyl (C=O) groups is 1. The minimum Gasteiger partial charge on any atom is -0.352 e. The molecule has 0 radical (unpaired) electrons. The smallest absolute Gasteiger partial charge is 0.242 e. The Kier molecular flexibility index (Phi) is 7.36. The fraction of sp³-hybridized carbons (Fsp3) is 0.350. The number of rotatable bonds is 9. The predicted molar refractivity (Wildman–Crippen MR) is 104 cm³/mol. The van der Waals surface area contributed by atoms with Gasteiger partial charge in [0.05, 0.1) is 5.75 Å². The normalized spacial score (nSPS) is 12.7. The molecule has 1 atom stereocenters. The second kappa shape index (κ2) is 9.50. The molecule has 2 rings (SSSR count). The Morgan fingerprint density at radius 1 is 0.962 bits per heavy atom. The van der Waals surface area contributed by atoms with Gasteiger partial charge in [0.25, 0.3) is 0 Å². The number of benzene rings is 2. The zero-order chi connectivity index (χ0) is 19.0. The average Bonchev–Trinajstić information content (AvgIpc) is 2.60. The standard InChI is InChI=1S/C20H26N2O3S/c1-16(2)21-20(23)19(18-13-7-4-8-14-18)22-26(24,25)15-9-12-17-10-5-3-6-11-17/h3-8,10-11,13-14,16,19,22H,9,12,15H2,1-2H3,(H,21,23)/t19-/m0/s1. The Balaban J connectivity index is 2.04. The van der Waals surface area contributed by atoms with Crippen LogP contribution in [0.5, 0.6) is 0 Å². The first kappa shape index (κ1) is 20.1. The van der Waals surface area contributed by atoms with Gasteiger partial charge in [-0.3, -0.25) is 4.79 Å². The van der Waals surface area contributed by atoms with Crippen LogP contribution < -0.4 is 10.0 Å². The molecule has 0 aliphatic carbocycles. The van der Waals surface area contributed by atoms with E-state index in [-0.39, 0.29) is 17.7 Å². The highest BCUT2D eigenvalue weighted by molar-refractivity contribution is 7.89. The second-order valence-corrected chi connectivity index (χ2v) is 8.41. The Labute approximate surface area is 155 Å². The number of amides is 1. The first-order chi connectivity index (χ1) is 12.4. The lowest BCUT2D eigenvalue weighted by atomic mass is 10.1. The van der Waals surface area contributed by atoms with E-state index in [4.69, 9.17) is 0 Å². The van der Waals surface area contributed by atoms with Crippen LogP contribution in [0.2, 0.25) is 0 Å². The van der Waals surface area contributed by atoms with Gasteiger partial charge in [-0.15, -0.1) is 0 Å². The number of hydrogen-bond donors (Lipinski definition) is 2. The Hall–Kier alpha value is -2.18. The van der Waals surface area contributed by atoms with Crippen molar-refractivity contribution in [1.29, 1.82) is 0 Å². The molecule has 2 aromatic carbocycles. The van der Waals surface area contributed by atoms with Gasteiger partial charge in [0.1, 0.15) is 6.04 Å². The number of hydrogen-bond acceptors (Lipinski definition) is 3. The lowest BCUT2D eigenvalue weighted by Gasteiger charge is -2.20. The van der Waals surface area contributed by atoms with Gasteiger partial charge in [0.15, 0.2) is 0 Å². The molecule has 0 aromatic heterocycles. The highest BCUT2D eigenvalue weighted by atomic mass is 32.2. The van der Waals surface area contributed by atoms with Crippen LogP contribution in [0.25, 0.3) is 0 Å². The molecule has 2 aromatic rings. The third kappa shape index (κ3) is 6.61. The number of carbonyl (C=O) groups excluding carboxylic acids is 1. The van der Waals surface area contributed by atoms with Crippen LogP contribution >= 0.6 is 0 Å². The summed E-state index contributed by atoms with van der Waals surface area (Å²) >= 11 is 0. The quantitative estimate of drug-likeness (QED) is 0.709. The molecule has 0 saturated carbocycles. The van der Waals surface area contributed by atoms with E-state index < -0.39 is 16.1 Å².